The maximum atomic E-state index is 10.7. The highest BCUT2D eigenvalue weighted by atomic mass is 33.4. The number of hydrogen-bond acceptors (Lipinski definition) is 0. The fourth-order valence-corrected chi connectivity index (χ4v) is 0. The summed E-state index contributed by atoms with van der Waals surface area (Å²) in [4.78, 5) is 0. The van der Waals surface area contributed by atoms with E-state index in [-0.39, 0.29) is 0 Å². The third-order valence-corrected chi connectivity index (χ3v) is 5.36. The van der Waals surface area contributed by atoms with Gasteiger partial charge in [0.05, 0.1) is 0 Å². The fraction of sp³-hybridized carbons (Fsp3) is 0. The molecule has 0 atom stereocenters. The van der Waals surface area contributed by atoms with Crippen LogP contribution >= 0.6 is 18.5 Å². The molecule has 0 aromatic carbocycles. The van der Waals surface area contributed by atoms with Crippen molar-refractivity contribution in [1.82, 2.24) is 0 Å². The van der Waals surface area contributed by atoms with Crippen LogP contribution < -0.4 is 0 Å². The lowest BCUT2D eigenvalue weighted by atomic mass is 18.6. The van der Waals surface area contributed by atoms with Crippen LogP contribution in [0, 0.1) is 0 Å². The van der Waals surface area contributed by atoms with Gasteiger partial charge in [0.1, 0.15) is 0 Å². The Kier molecular flexibility index (Phi) is 1.22. The minimum Gasteiger partial charge on any atom is -0.0827 e. The third-order valence-electron chi connectivity index (χ3n) is 0.595. The van der Waals surface area contributed by atoms with E-state index in [1.54, 1.807) is 0 Å². The molecule has 0 aromatic heterocycles. The van der Waals surface area contributed by atoms with E-state index in [1.165, 1.54) is 0 Å². The largest absolute Gasteiger partial charge is 0.413 e. The SMILES string of the molecule is FS(F)(F)(F)(F)S(F)(F)(F)(F)F. The Morgan fingerprint density at radius 1 is 0.333 bits per heavy atom. The molecule has 12 heteroatoms. The summed E-state index contributed by atoms with van der Waals surface area (Å²) in [5.41, 5.74) is 0. The van der Waals surface area contributed by atoms with E-state index >= 15 is 0 Å². The normalized spacial score (nSPS) is 26.5. The molecule has 82 valence electrons. The number of hydrogen-bond donors (Lipinski definition) is 0. The lowest BCUT2D eigenvalue weighted by Crippen LogP contribution is -2.23. The topological polar surface area (TPSA) is 0 Å². The summed E-state index contributed by atoms with van der Waals surface area (Å²) in [6.07, 6.45) is 0. The van der Waals surface area contributed by atoms with Crippen molar-refractivity contribution in [3.63, 3.8) is 0 Å². The van der Waals surface area contributed by atoms with Crippen LogP contribution in [-0.4, -0.2) is 0 Å². The molecule has 0 fully saturated rings. The molecule has 0 nitrogen and oxygen atoms in total. The molecule has 0 N–H and O–H groups in total. The molecule has 0 aliphatic heterocycles. The lowest BCUT2D eigenvalue weighted by Gasteiger charge is -2.58. The Balaban J connectivity index is 6.08. The summed E-state index contributed by atoms with van der Waals surface area (Å²) < 4.78 is 107. The third kappa shape index (κ3) is 1.30. The zero-order chi connectivity index (χ0) is 10.8. The summed E-state index contributed by atoms with van der Waals surface area (Å²) in [7, 11) is -25.5. The van der Waals surface area contributed by atoms with Crippen LogP contribution in [0.2, 0.25) is 0 Å². The molecule has 0 saturated heterocycles. The van der Waals surface area contributed by atoms with Gasteiger partial charge in [-0.25, -0.2) is 0 Å². The summed E-state index contributed by atoms with van der Waals surface area (Å²) >= 11 is 0. The van der Waals surface area contributed by atoms with Gasteiger partial charge in [-0.2, -0.15) is 0 Å². The van der Waals surface area contributed by atoms with E-state index in [1.807, 2.05) is 0 Å². The van der Waals surface area contributed by atoms with Gasteiger partial charge in [0.2, 0.25) is 0 Å². The average molecular weight is 254 g/mol. The van der Waals surface area contributed by atoms with Gasteiger partial charge >= 0.3 is 18.5 Å². The molecule has 12 heavy (non-hydrogen) atoms. The van der Waals surface area contributed by atoms with Gasteiger partial charge in [0.15, 0.2) is 0 Å². The van der Waals surface area contributed by atoms with Gasteiger partial charge in [0, 0.05) is 0 Å². The highest BCUT2D eigenvalue weighted by Gasteiger charge is 3.03. The van der Waals surface area contributed by atoms with Crippen molar-refractivity contribution in [2.45, 2.75) is 0 Å². The van der Waals surface area contributed by atoms with Crippen LogP contribution in [-0.2, 0) is 0 Å². The van der Waals surface area contributed by atoms with Crippen LogP contribution in [0.4, 0.5) is 38.9 Å². The van der Waals surface area contributed by atoms with E-state index < -0.39 is 18.5 Å². The summed E-state index contributed by atoms with van der Waals surface area (Å²) in [6, 6.07) is 0. The van der Waals surface area contributed by atoms with Gasteiger partial charge in [-0.15, -0.1) is 0 Å². The Morgan fingerprint density at radius 3 is 0.417 bits per heavy atom. The van der Waals surface area contributed by atoms with Crippen LogP contribution in [0.5, 0.6) is 0 Å². The Morgan fingerprint density at radius 2 is 0.417 bits per heavy atom. The molecule has 0 spiro atoms. The zero-order valence-electron chi connectivity index (χ0n) is 4.60. The Labute approximate surface area is 58.4 Å². The van der Waals surface area contributed by atoms with Crippen molar-refractivity contribution in [3.8, 4) is 0 Å². The van der Waals surface area contributed by atoms with E-state index in [9.17, 15) is 38.9 Å². The van der Waals surface area contributed by atoms with Crippen LogP contribution in [0.1, 0.15) is 0 Å². The maximum Gasteiger partial charge on any atom is 0.413 e. The second kappa shape index (κ2) is 1.22. The molecule has 0 amide bonds. The molecule has 0 rings (SSSR count). The molecule has 0 aromatic rings. The molecular weight excluding hydrogens is 254 g/mol. The van der Waals surface area contributed by atoms with Crippen LogP contribution in [0.3, 0.4) is 0 Å². The molecule has 0 aliphatic rings. The van der Waals surface area contributed by atoms with Gasteiger partial charge in [-0.05, 0) is 0 Å². The Bertz CT molecular complexity index is 183. The molecule has 0 aliphatic carbocycles. The summed E-state index contributed by atoms with van der Waals surface area (Å²) in [6.45, 7) is 0. The summed E-state index contributed by atoms with van der Waals surface area (Å²) in [5.74, 6) is 0. The van der Waals surface area contributed by atoms with Crippen molar-refractivity contribution in [2.24, 2.45) is 0 Å². The minimum absolute atomic E-state index is 10.7. The molecule has 0 saturated carbocycles. The van der Waals surface area contributed by atoms with Crippen molar-refractivity contribution in [3.05, 3.63) is 0 Å². The zero-order valence-corrected chi connectivity index (χ0v) is 6.23. The molecular formula is F10S2. The van der Waals surface area contributed by atoms with Crippen molar-refractivity contribution in [2.75, 3.05) is 0 Å². The monoisotopic (exact) mass is 254 g/mol. The summed E-state index contributed by atoms with van der Waals surface area (Å²) in [5, 5.41) is 0. The first-order valence-electron chi connectivity index (χ1n) is 1.71. The smallest absolute Gasteiger partial charge is 0.0827 e. The minimum atomic E-state index is -12.7. The van der Waals surface area contributed by atoms with Gasteiger partial charge < -0.3 is 0 Å². The van der Waals surface area contributed by atoms with Crippen molar-refractivity contribution in [1.29, 1.82) is 0 Å². The van der Waals surface area contributed by atoms with E-state index in [4.69, 9.17) is 0 Å². The molecule has 0 radical (unpaired) electrons. The van der Waals surface area contributed by atoms with Gasteiger partial charge in [-0.1, -0.05) is 38.9 Å². The predicted molar refractivity (Wildman–Crippen MR) is 26.3 cm³/mol. The fourth-order valence-electron chi connectivity index (χ4n) is 0. The van der Waals surface area contributed by atoms with Gasteiger partial charge in [-0.3, -0.25) is 0 Å². The first-order valence-corrected chi connectivity index (χ1v) is 6.13. The maximum absolute atomic E-state index is 12.7. The molecule has 0 heterocycles. The van der Waals surface area contributed by atoms with Gasteiger partial charge in [0.25, 0.3) is 0 Å². The van der Waals surface area contributed by atoms with Crippen LogP contribution in [0.15, 0.2) is 0 Å². The number of rotatable bonds is 1. The van der Waals surface area contributed by atoms with Crippen LogP contribution in [0.25, 0.3) is 0 Å². The standard InChI is InChI=1S/F10S2/c1-11(2,3,4,5)12(6,7,8,9)10. The van der Waals surface area contributed by atoms with Crippen molar-refractivity contribution < 1.29 is 38.9 Å². The first kappa shape index (κ1) is 12.0. The second-order valence-electron chi connectivity index (χ2n) is 1.80. The highest BCUT2D eigenvalue weighted by Crippen LogP contribution is 3.36. The molecule has 0 unspecified atom stereocenters. The lowest BCUT2D eigenvalue weighted by molar-refractivity contribution is 0.312. The quantitative estimate of drug-likeness (QED) is 0.428. The van der Waals surface area contributed by atoms with E-state index in [0.29, 0.717) is 0 Å². The van der Waals surface area contributed by atoms with E-state index in [0.717, 1.165) is 0 Å². The number of halogens is 10. The average Bonchev–Trinajstić information content (AvgIpc) is 1.04. The van der Waals surface area contributed by atoms with E-state index in [2.05, 4.69) is 0 Å². The van der Waals surface area contributed by atoms with Crippen molar-refractivity contribution >= 4 is 18.5 Å². The molecule has 0 bridgehead atoms. The second-order valence-corrected chi connectivity index (χ2v) is 9.17. The first-order chi connectivity index (χ1) is 4.25. The predicted octanol–water partition coefficient (Wildman–Crippen LogP) is 5.50. The highest BCUT2D eigenvalue weighted by molar-refractivity contribution is 9.21. The Hall–Kier alpha value is -0.000000000000000111.